The number of pyridine rings is 1. The number of carbonyl (C=O) groups excluding carboxylic acids is 1. The van der Waals surface area contributed by atoms with Gasteiger partial charge in [-0.15, -0.1) is 11.3 Å². The van der Waals surface area contributed by atoms with Crippen molar-refractivity contribution in [2.45, 2.75) is 23.6 Å². The quantitative estimate of drug-likeness (QED) is 0.877. The van der Waals surface area contributed by atoms with Gasteiger partial charge in [0.15, 0.2) is 0 Å². The molecule has 6 nitrogen and oxygen atoms in total. The SMILES string of the molecule is O=C(NCc1ccccn1)[C@H]1CCCN(S(=O)(=O)c2cccs2)C1. The molecule has 0 saturated carbocycles. The van der Waals surface area contributed by atoms with Gasteiger partial charge >= 0.3 is 0 Å². The van der Waals surface area contributed by atoms with Gasteiger partial charge in [-0.2, -0.15) is 4.31 Å². The predicted molar refractivity (Wildman–Crippen MR) is 91.9 cm³/mol. The molecule has 0 radical (unpaired) electrons. The molecule has 1 fully saturated rings. The molecule has 24 heavy (non-hydrogen) atoms. The Balaban J connectivity index is 1.62. The number of rotatable bonds is 5. The molecule has 0 unspecified atom stereocenters. The lowest BCUT2D eigenvalue weighted by atomic mass is 9.99. The van der Waals surface area contributed by atoms with Gasteiger partial charge in [0.25, 0.3) is 10.0 Å². The number of amides is 1. The molecule has 0 aliphatic carbocycles. The van der Waals surface area contributed by atoms with Crippen molar-refractivity contribution in [2.75, 3.05) is 13.1 Å². The number of hydrogen-bond donors (Lipinski definition) is 1. The molecule has 3 rings (SSSR count). The van der Waals surface area contributed by atoms with Crippen LogP contribution in [0.15, 0.2) is 46.1 Å². The zero-order valence-corrected chi connectivity index (χ0v) is 14.7. The standard InChI is InChI=1S/C16H19N3O3S2/c20-16(18-11-14-6-1-2-8-17-14)13-5-3-9-19(12-13)24(21,22)15-7-4-10-23-15/h1-2,4,6-8,10,13H,3,5,9,11-12H2,(H,18,20)/t13-/m0/s1. The number of hydrogen-bond acceptors (Lipinski definition) is 5. The van der Waals surface area contributed by atoms with Crippen LogP contribution >= 0.6 is 11.3 Å². The van der Waals surface area contributed by atoms with Crippen LogP contribution in [-0.2, 0) is 21.4 Å². The van der Waals surface area contributed by atoms with Crippen molar-refractivity contribution in [3.63, 3.8) is 0 Å². The largest absolute Gasteiger partial charge is 0.350 e. The van der Waals surface area contributed by atoms with Crippen molar-refractivity contribution in [1.29, 1.82) is 0 Å². The summed E-state index contributed by atoms with van der Waals surface area (Å²) in [5, 5.41) is 4.60. The fourth-order valence-corrected chi connectivity index (χ4v) is 5.41. The zero-order chi connectivity index (χ0) is 17.0. The number of carbonyl (C=O) groups is 1. The van der Waals surface area contributed by atoms with Gasteiger partial charge < -0.3 is 5.32 Å². The van der Waals surface area contributed by atoms with E-state index in [1.807, 2.05) is 18.2 Å². The van der Waals surface area contributed by atoms with Crippen LogP contribution in [0.4, 0.5) is 0 Å². The van der Waals surface area contributed by atoms with Crippen LogP contribution in [0, 0.1) is 5.92 Å². The molecule has 1 atom stereocenters. The summed E-state index contributed by atoms with van der Waals surface area (Å²) in [7, 11) is -3.49. The van der Waals surface area contributed by atoms with Crippen molar-refractivity contribution in [2.24, 2.45) is 5.92 Å². The van der Waals surface area contributed by atoms with E-state index in [1.54, 1.807) is 23.7 Å². The van der Waals surface area contributed by atoms with E-state index in [9.17, 15) is 13.2 Å². The average molecular weight is 365 g/mol. The molecule has 0 spiro atoms. The Hall–Kier alpha value is -1.77. The molecule has 0 bridgehead atoms. The number of aromatic nitrogens is 1. The Kier molecular flexibility index (Phi) is 5.27. The van der Waals surface area contributed by atoms with Crippen LogP contribution in [0.3, 0.4) is 0 Å². The molecule has 1 saturated heterocycles. The Morgan fingerprint density at radius 1 is 1.33 bits per heavy atom. The fourth-order valence-electron chi connectivity index (χ4n) is 2.74. The smallest absolute Gasteiger partial charge is 0.252 e. The molecular formula is C16H19N3O3S2. The van der Waals surface area contributed by atoms with Gasteiger partial charge in [0.2, 0.25) is 5.91 Å². The van der Waals surface area contributed by atoms with E-state index in [2.05, 4.69) is 10.3 Å². The summed E-state index contributed by atoms with van der Waals surface area (Å²) in [4.78, 5) is 16.5. The van der Waals surface area contributed by atoms with Crippen LogP contribution in [-0.4, -0.2) is 36.7 Å². The molecule has 8 heteroatoms. The summed E-state index contributed by atoms with van der Waals surface area (Å²) < 4.78 is 26.9. The maximum atomic E-state index is 12.6. The van der Waals surface area contributed by atoms with Crippen LogP contribution in [0.2, 0.25) is 0 Å². The van der Waals surface area contributed by atoms with Gasteiger partial charge in [-0.05, 0) is 36.4 Å². The van der Waals surface area contributed by atoms with E-state index in [1.165, 1.54) is 15.6 Å². The van der Waals surface area contributed by atoms with Crippen molar-refractivity contribution in [3.05, 3.63) is 47.6 Å². The second kappa shape index (κ2) is 7.42. The maximum Gasteiger partial charge on any atom is 0.252 e. The Morgan fingerprint density at radius 3 is 2.92 bits per heavy atom. The topological polar surface area (TPSA) is 79.4 Å². The summed E-state index contributed by atoms with van der Waals surface area (Å²) in [6.07, 6.45) is 3.06. The molecule has 2 aromatic heterocycles. The highest BCUT2D eigenvalue weighted by atomic mass is 32.2. The van der Waals surface area contributed by atoms with Crippen molar-refractivity contribution < 1.29 is 13.2 Å². The highest BCUT2D eigenvalue weighted by molar-refractivity contribution is 7.91. The van der Waals surface area contributed by atoms with Crippen LogP contribution < -0.4 is 5.32 Å². The molecule has 3 heterocycles. The second-order valence-corrected chi connectivity index (χ2v) is 8.79. The zero-order valence-electron chi connectivity index (χ0n) is 13.1. The predicted octanol–water partition coefficient (Wildman–Crippen LogP) is 1.86. The summed E-state index contributed by atoms with van der Waals surface area (Å²) in [5.74, 6) is -0.441. The molecule has 1 aliphatic heterocycles. The summed E-state index contributed by atoms with van der Waals surface area (Å²) in [6.45, 7) is 1.05. The third-order valence-electron chi connectivity index (χ3n) is 4.01. The van der Waals surface area contributed by atoms with Crippen LogP contribution in [0.5, 0.6) is 0 Å². The Morgan fingerprint density at radius 2 is 2.21 bits per heavy atom. The first-order chi connectivity index (χ1) is 11.6. The van der Waals surface area contributed by atoms with Gasteiger partial charge in [-0.1, -0.05) is 12.1 Å². The summed E-state index contributed by atoms with van der Waals surface area (Å²) in [6, 6.07) is 8.85. The van der Waals surface area contributed by atoms with Crippen molar-refractivity contribution in [3.8, 4) is 0 Å². The number of nitrogens with one attached hydrogen (secondary N) is 1. The van der Waals surface area contributed by atoms with Gasteiger partial charge in [0.05, 0.1) is 18.2 Å². The van der Waals surface area contributed by atoms with Crippen molar-refractivity contribution in [1.82, 2.24) is 14.6 Å². The van der Waals surface area contributed by atoms with E-state index in [4.69, 9.17) is 0 Å². The third-order valence-corrected chi connectivity index (χ3v) is 7.25. The van der Waals surface area contributed by atoms with E-state index in [0.29, 0.717) is 30.1 Å². The van der Waals surface area contributed by atoms with Gasteiger partial charge in [0, 0.05) is 19.3 Å². The van der Waals surface area contributed by atoms with E-state index >= 15 is 0 Å². The minimum atomic E-state index is -3.49. The molecule has 1 aliphatic rings. The minimum Gasteiger partial charge on any atom is -0.350 e. The van der Waals surface area contributed by atoms with Crippen molar-refractivity contribution >= 4 is 27.3 Å². The number of piperidine rings is 1. The van der Waals surface area contributed by atoms with E-state index in [-0.39, 0.29) is 18.4 Å². The molecular weight excluding hydrogens is 346 g/mol. The molecule has 1 amide bonds. The number of nitrogens with zero attached hydrogens (tertiary/aromatic N) is 2. The van der Waals surface area contributed by atoms with E-state index < -0.39 is 10.0 Å². The molecule has 128 valence electrons. The normalized spacial score (nSPS) is 19.1. The van der Waals surface area contributed by atoms with E-state index in [0.717, 1.165) is 5.69 Å². The average Bonchev–Trinajstić information content (AvgIpc) is 3.16. The highest BCUT2D eigenvalue weighted by Crippen LogP contribution is 2.26. The lowest BCUT2D eigenvalue weighted by molar-refractivity contribution is -0.126. The lowest BCUT2D eigenvalue weighted by Crippen LogP contribution is -2.45. The molecule has 1 N–H and O–H groups in total. The van der Waals surface area contributed by atoms with Crippen LogP contribution in [0.1, 0.15) is 18.5 Å². The number of sulfonamides is 1. The fraction of sp³-hybridized carbons (Fsp3) is 0.375. The molecule has 0 aromatic carbocycles. The summed E-state index contributed by atoms with van der Waals surface area (Å²) >= 11 is 1.20. The first-order valence-corrected chi connectivity index (χ1v) is 10.1. The number of thiophene rings is 1. The first-order valence-electron chi connectivity index (χ1n) is 7.78. The van der Waals surface area contributed by atoms with Gasteiger partial charge in [-0.3, -0.25) is 9.78 Å². The van der Waals surface area contributed by atoms with Gasteiger partial charge in [-0.25, -0.2) is 8.42 Å². The molecule has 2 aromatic rings. The Labute approximate surface area is 145 Å². The lowest BCUT2D eigenvalue weighted by Gasteiger charge is -2.30. The Bertz CT molecular complexity index is 776. The first kappa shape index (κ1) is 17.1. The highest BCUT2D eigenvalue weighted by Gasteiger charge is 2.33. The monoisotopic (exact) mass is 365 g/mol. The van der Waals surface area contributed by atoms with Gasteiger partial charge in [0.1, 0.15) is 4.21 Å². The summed E-state index contributed by atoms with van der Waals surface area (Å²) in [5.41, 5.74) is 0.782. The minimum absolute atomic E-state index is 0.119. The maximum absolute atomic E-state index is 12.6. The third kappa shape index (κ3) is 3.82. The second-order valence-electron chi connectivity index (χ2n) is 5.67. The van der Waals surface area contributed by atoms with Crippen LogP contribution in [0.25, 0.3) is 0 Å².